The van der Waals surface area contributed by atoms with E-state index in [2.05, 4.69) is 60.0 Å². The van der Waals surface area contributed by atoms with Crippen LogP contribution in [0.15, 0.2) is 68.7 Å². The van der Waals surface area contributed by atoms with E-state index in [1.807, 2.05) is 37.3 Å². The van der Waals surface area contributed by atoms with E-state index in [-0.39, 0.29) is 0 Å². The highest BCUT2D eigenvalue weighted by molar-refractivity contribution is 9.11. The van der Waals surface area contributed by atoms with Gasteiger partial charge in [-0.2, -0.15) is 0 Å². The Morgan fingerprint density at radius 3 is 2.36 bits per heavy atom. The van der Waals surface area contributed by atoms with Gasteiger partial charge >= 0.3 is 0 Å². The Hall–Kier alpha value is -2.11. The molecule has 122 valence electrons. The summed E-state index contributed by atoms with van der Waals surface area (Å²) in [6.07, 6.45) is 3.58. The largest absolute Gasteiger partial charge is 0.254 e. The van der Waals surface area contributed by atoms with Gasteiger partial charge in [-0.15, -0.1) is 0 Å². The standard InChI is InChI=1S/C20H13Br2N3/c1-12-9-16(21)20(17(22)10-12)24-11-15-7-6-14-5-4-13-3-2-8-23-18(13)19(14)25-15/h2-11H,1H3/b24-11+. The molecule has 0 radical (unpaired) electrons. The minimum absolute atomic E-state index is 0.796. The van der Waals surface area contributed by atoms with Gasteiger partial charge in [0.25, 0.3) is 0 Å². The summed E-state index contributed by atoms with van der Waals surface area (Å²) < 4.78 is 1.90. The zero-order valence-corrected chi connectivity index (χ0v) is 16.5. The third-order valence-electron chi connectivity index (χ3n) is 3.94. The van der Waals surface area contributed by atoms with Crippen molar-refractivity contribution < 1.29 is 0 Å². The van der Waals surface area contributed by atoms with Crippen molar-refractivity contribution in [1.82, 2.24) is 9.97 Å². The Morgan fingerprint density at radius 1 is 0.920 bits per heavy atom. The summed E-state index contributed by atoms with van der Waals surface area (Å²) in [7, 11) is 0. The van der Waals surface area contributed by atoms with Crippen LogP contribution in [-0.2, 0) is 0 Å². The summed E-state index contributed by atoms with van der Waals surface area (Å²) in [5.74, 6) is 0. The number of nitrogens with zero attached hydrogens (tertiary/aromatic N) is 3. The summed E-state index contributed by atoms with van der Waals surface area (Å²) in [4.78, 5) is 13.8. The van der Waals surface area contributed by atoms with Gasteiger partial charge in [-0.25, -0.2) is 4.98 Å². The van der Waals surface area contributed by atoms with Crippen LogP contribution in [0.4, 0.5) is 5.69 Å². The second-order valence-corrected chi connectivity index (χ2v) is 7.49. The molecular formula is C20H13Br2N3. The lowest BCUT2D eigenvalue weighted by molar-refractivity contribution is 1.34. The van der Waals surface area contributed by atoms with Crippen LogP contribution in [0.2, 0.25) is 0 Å². The van der Waals surface area contributed by atoms with Crippen molar-refractivity contribution in [2.24, 2.45) is 4.99 Å². The third-order valence-corrected chi connectivity index (χ3v) is 5.15. The van der Waals surface area contributed by atoms with Gasteiger partial charge in [0.05, 0.1) is 28.6 Å². The van der Waals surface area contributed by atoms with E-state index in [1.165, 1.54) is 5.56 Å². The molecule has 0 bridgehead atoms. The Kier molecular flexibility index (Phi) is 4.36. The van der Waals surface area contributed by atoms with Gasteiger partial charge in [0, 0.05) is 25.9 Å². The number of halogens is 2. The monoisotopic (exact) mass is 453 g/mol. The molecule has 0 fully saturated rings. The highest BCUT2D eigenvalue weighted by Gasteiger charge is 2.06. The molecule has 0 N–H and O–H groups in total. The van der Waals surface area contributed by atoms with Crippen molar-refractivity contribution in [2.75, 3.05) is 0 Å². The van der Waals surface area contributed by atoms with E-state index in [0.29, 0.717) is 0 Å². The number of rotatable bonds is 2. The van der Waals surface area contributed by atoms with Gasteiger partial charge in [0.1, 0.15) is 0 Å². The molecule has 0 saturated heterocycles. The molecule has 0 aliphatic carbocycles. The maximum absolute atomic E-state index is 4.75. The van der Waals surface area contributed by atoms with Crippen LogP contribution in [0.5, 0.6) is 0 Å². The summed E-state index contributed by atoms with van der Waals surface area (Å²) >= 11 is 7.14. The lowest BCUT2D eigenvalue weighted by Gasteiger charge is -2.05. The molecule has 0 amide bonds. The fraction of sp³-hybridized carbons (Fsp3) is 0.0500. The molecule has 5 heteroatoms. The SMILES string of the molecule is Cc1cc(Br)c(/N=C/c2ccc3ccc4cccnc4c3n2)c(Br)c1. The molecule has 4 rings (SSSR count). The molecule has 0 spiro atoms. The van der Waals surface area contributed by atoms with Gasteiger partial charge in [-0.1, -0.05) is 24.3 Å². The molecule has 0 atom stereocenters. The van der Waals surface area contributed by atoms with E-state index in [0.717, 1.165) is 42.1 Å². The summed E-state index contributed by atoms with van der Waals surface area (Å²) in [5.41, 5.74) is 4.62. The minimum Gasteiger partial charge on any atom is -0.254 e. The first-order valence-corrected chi connectivity index (χ1v) is 9.34. The second-order valence-electron chi connectivity index (χ2n) is 5.78. The van der Waals surface area contributed by atoms with Gasteiger partial charge < -0.3 is 0 Å². The number of hydrogen-bond donors (Lipinski definition) is 0. The van der Waals surface area contributed by atoms with Crippen LogP contribution in [0.1, 0.15) is 11.3 Å². The smallest absolute Gasteiger partial charge is 0.0972 e. The van der Waals surface area contributed by atoms with Crippen LogP contribution < -0.4 is 0 Å². The average Bonchev–Trinajstić information content (AvgIpc) is 2.60. The number of aromatic nitrogens is 2. The van der Waals surface area contributed by atoms with E-state index >= 15 is 0 Å². The van der Waals surface area contributed by atoms with Crippen molar-refractivity contribution in [2.45, 2.75) is 6.92 Å². The normalized spacial score (nSPS) is 11.6. The average molecular weight is 455 g/mol. The Bertz CT molecular complexity index is 1110. The van der Waals surface area contributed by atoms with Crippen molar-refractivity contribution in [1.29, 1.82) is 0 Å². The zero-order chi connectivity index (χ0) is 17.4. The number of hydrogen-bond acceptors (Lipinski definition) is 3. The minimum atomic E-state index is 0.796. The van der Waals surface area contributed by atoms with Crippen molar-refractivity contribution in [3.8, 4) is 0 Å². The van der Waals surface area contributed by atoms with Crippen molar-refractivity contribution in [3.63, 3.8) is 0 Å². The molecule has 0 unspecified atom stereocenters. The van der Waals surface area contributed by atoms with E-state index in [9.17, 15) is 0 Å². The third kappa shape index (κ3) is 3.22. The maximum Gasteiger partial charge on any atom is 0.0972 e. The zero-order valence-electron chi connectivity index (χ0n) is 13.4. The predicted molar refractivity (Wildman–Crippen MR) is 111 cm³/mol. The molecule has 25 heavy (non-hydrogen) atoms. The lowest BCUT2D eigenvalue weighted by Crippen LogP contribution is -1.91. The van der Waals surface area contributed by atoms with Gasteiger partial charge in [-0.3, -0.25) is 9.98 Å². The van der Waals surface area contributed by atoms with Gasteiger partial charge in [0.15, 0.2) is 0 Å². The summed E-state index contributed by atoms with van der Waals surface area (Å²) in [6.45, 7) is 2.05. The van der Waals surface area contributed by atoms with Crippen LogP contribution in [0.25, 0.3) is 21.8 Å². The van der Waals surface area contributed by atoms with Crippen LogP contribution >= 0.6 is 31.9 Å². The Morgan fingerprint density at radius 2 is 1.60 bits per heavy atom. The van der Waals surface area contributed by atoms with Crippen molar-refractivity contribution in [3.05, 3.63) is 74.9 Å². The first-order chi connectivity index (χ1) is 12.1. The number of benzene rings is 2. The van der Waals surface area contributed by atoms with Crippen LogP contribution in [0, 0.1) is 6.92 Å². The first kappa shape index (κ1) is 16.4. The fourth-order valence-corrected chi connectivity index (χ4v) is 4.38. The van der Waals surface area contributed by atoms with E-state index in [4.69, 9.17) is 4.98 Å². The molecule has 3 nitrogen and oxygen atoms in total. The number of aliphatic imine (C=N–C) groups is 1. The Balaban J connectivity index is 1.81. The number of fused-ring (bicyclic) bond motifs is 3. The fourth-order valence-electron chi connectivity index (χ4n) is 2.76. The molecule has 2 heterocycles. The van der Waals surface area contributed by atoms with Crippen LogP contribution in [0.3, 0.4) is 0 Å². The second kappa shape index (κ2) is 6.65. The Labute approximate surface area is 162 Å². The highest BCUT2D eigenvalue weighted by atomic mass is 79.9. The molecule has 0 aliphatic heterocycles. The molecule has 0 aliphatic rings. The van der Waals surface area contributed by atoms with Gasteiger partial charge in [-0.05, 0) is 68.6 Å². The summed E-state index contributed by atoms with van der Waals surface area (Å²) in [6, 6.07) is 16.2. The number of pyridine rings is 2. The lowest BCUT2D eigenvalue weighted by atomic mass is 10.1. The van der Waals surface area contributed by atoms with Crippen LogP contribution in [-0.4, -0.2) is 16.2 Å². The van der Waals surface area contributed by atoms with Crippen molar-refractivity contribution >= 4 is 65.6 Å². The predicted octanol–water partition coefficient (Wildman–Crippen LogP) is 6.37. The first-order valence-electron chi connectivity index (χ1n) is 7.76. The molecule has 0 saturated carbocycles. The van der Waals surface area contributed by atoms with E-state index in [1.54, 1.807) is 12.4 Å². The van der Waals surface area contributed by atoms with Gasteiger partial charge in [0.2, 0.25) is 0 Å². The highest BCUT2D eigenvalue weighted by Crippen LogP contribution is 2.34. The molecular weight excluding hydrogens is 442 g/mol. The number of aryl methyl sites for hydroxylation is 1. The topological polar surface area (TPSA) is 38.1 Å². The molecule has 2 aromatic carbocycles. The maximum atomic E-state index is 4.75. The molecule has 2 aromatic heterocycles. The summed E-state index contributed by atoms with van der Waals surface area (Å²) in [5, 5.41) is 2.15. The van der Waals surface area contributed by atoms with E-state index < -0.39 is 0 Å². The quantitative estimate of drug-likeness (QED) is 0.261. The molecule has 4 aromatic rings.